The lowest BCUT2D eigenvalue weighted by Crippen LogP contribution is -2.52. The van der Waals surface area contributed by atoms with Crippen molar-refractivity contribution in [3.63, 3.8) is 0 Å². The number of hydrogen-bond acceptors (Lipinski definition) is 13. The van der Waals surface area contributed by atoms with E-state index in [4.69, 9.17) is 4.74 Å². The standard InChI is InChI=1S/C47H51N5O8S2/c1-51(42(56)18-21-52-22-19-46(20-23-52)26-34(27-46)60-45(58)47(59,39-4-2-24-61-39)40-5-3-25-62-40)33-12-8-31(9-13-33)44(57)49-32-10-6-30(7-11-32)28-48-29-38(54)35-14-16-37(53)43-36(35)15-17-41(55)50-43/h2-17,24-25,34,38,44,48-49,53-54,57,59H,18-23,26-29H2,1H3,(H,50,55)/t38-,44?/m0/s1. The molecule has 1 unspecified atom stereocenters. The minimum Gasteiger partial charge on any atom is -0.506 e. The predicted molar refractivity (Wildman–Crippen MR) is 241 cm³/mol. The fourth-order valence-corrected chi connectivity index (χ4v) is 10.3. The monoisotopic (exact) mass is 877 g/mol. The van der Waals surface area contributed by atoms with Crippen LogP contribution < -0.4 is 21.1 Å². The molecule has 1 spiro atoms. The van der Waals surface area contributed by atoms with E-state index in [0.717, 1.165) is 55.7 Å². The van der Waals surface area contributed by atoms with Crippen LogP contribution in [0, 0.1) is 5.41 Å². The smallest absolute Gasteiger partial charge is 0.349 e. The first-order chi connectivity index (χ1) is 29.9. The number of aliphatic hydroxyl groups excluding tert-OH is 2. The first kappa shape index (κ1) is 43.3. The van der Waals surface area contributed by atoms with Gasteiger partial charge in [-0.1, -0.05) is 42.5 Å². The predicted octanol–water partition coefficient (Wildman–Crippen LogP) is 6.36. The summed E-state index contributed by atoms with van der Waals surface area (Å²) in [6.07, 6.45) is 1.84. The number of anilines is 2. The zero-order chi connectivity index (χ0) is 43.4. The van der Waals surface area contributed by atoms with E-state index in [1.165, 1.54) is 34.8 Å². The van der Waals surface area contributed by atoms with Gasteiger partial charge in [-0.15, -0.1) is 22.7 Å². The molecular formula is C47H51N5O8S2. The van der Waals surface area contributed by atoms with Crippen molar-refractivity contribution in [1.29, 1.82) is 0 Å². The number of piperidine rings is 1. The summed E-state index contributed by atoms with van der Waals surface area (Å²) in [6.45, 7) is 3.15. The molecule has 1 saturated carbocycles. The number of H-pyrrole nitrogens is 1. The maximum Gasteiger partial charge on any atom is 0.349 e. The number of esters is 1. The number of phenols is 1. The molecule has 7 N–H and O–H groups in total. The second-order valence-electron chi connectivity index (χ2n) is 16.4. The van der Waals surface area contributed by atoms with E-state index in [1.54, 1.807) is 48.3 Å². The zero-order valence-electron chi connectivity index (χ0n) is 34.3. The molecule has 1 aliphatic carbocycles. The average molecular weight is 878 g/mol. The number of benzene rings is 3. The van der Waals surface area contributed by atoms with E-state index < -0.39 is 23.9 Å². The number of carbonyl (C=O) groups excluding carboxylic acids is 2. The normalized spacial score (nSPS) is 16.5. The Labute approximate surface area is 367 Å². The topological polar surface area (TPSA) is 188 Å². The number of nitrogens with one attached hydrogen (secondary N) is 3. The Morgan fingerprint density at radius 3 is 2.26 bits per heavy atom. The number of rotatable bonds is 16. The molecule has 4 heterocycles. The second-order valence-corrected chi connectivity index (χ2v) is 18.3. The van der Waals surface area contributed by atoms with Crippen molar-refractivity contribution in [3.05, 3.63) is 145 Å². The van der Waals surface area contributed by atoms with Gasteiger partial charge in [0.2, 0.25) is 17.1 Å². The third kappa shape index (κ3) is 9.34. The number of nitrogens with zero attached hydrogens (tertiary/aromatic N) is 2. The van der Waals surface area contributed by atoms with Crippen LogP contribution in [-0.4, -0.2) is 81.5 Å². The number of amides is 1. The largest absolute Gasteiger partial charge is 0.506 e. The lowest BCUT2D eigenvalue weighted by Gasteiger charge is -2.51. The van der Waals surface area contributed by atoms with Gasteiger partial charge in [-0.2, -0.15) is 0 Å². The molecule has 324 valence electrons. The second kappa shape index (κ2) is 18.5. The number of aromatic nitrogens is 1. The van der Waals surface area contributed by atoms with Gasteiger partial charge in [0.05, 0.1) is 21.4 Å². The number of aliphatic hydroxyl groups is 3. The molecule has 3 aromatic carbocycles. The number of thiophene rings is 2. The molecule has 1 aliphatic heterocycles. The van der Waals surface area contributed by atoms with Crippen molar-refractivity contribution in [1.82, 2.24) is 15.2 Å². The van der Waals surface area contributed by atoms with Crippen molar-refractivity contribution in [2.75, 3.05) is 43.4 Å². The van der Waals surface area contributed by atoms with Crippen molar-refractivity contribution in [2.45, 2.75) is 62.7 Å². The van der Waals surface area contributed by atoms with Crippen LogP contribution in [0.1, 0.15) is 70.9 Å². The molecule has 3 aromatic heterocycles. The third-order valence-corrected chi connectivity index (χ3v) is 14.3. The zero-order valence-corrected chi connectivity index (χ0v) is 36.0. The van der Waals surface area contributed by atoms with Crippen LogP contribution in [-0.2, 0) is 26.5 Å². The molecule has 1 amide bonds. The molecule has 6 aromatic rings. The number of hydrogen-bond donors (Lipinski definition) is 7. The van der Waals surface area contributed by atoms with Crippen LogP contribution >= 0.6 is 22.7 Å². The fourth-order valence-electron chi connectivity index (χ4n) is 8.60. The Morgan fingerprint density at radius 2 is 1.61 bits per heavy atom. The summed E-state index contributed by atoms with van der Waals surface area (Å²) in [5.74, 6) is -0.665. The van der Waals surface area contributed by atoms with E-state index >= 15 is 0 Å². The Balaban J connectivity index is 0.741. The lowest BCUT2D eigenvalue weighted by molar-refractivity contribution is -0.181. The lowest BCUT2D eigenvalue weighted by atomic mass is 9.61. The Hall–Kier alpha value is -5.39. The van der Waals surface area contributed by atoms with Crippen LogP contribution in [0.15, 0.2) is 113 Å². The first-order valence-electron chi connectivity index (χ1n) is 20.8. The summed E-state index contributed by atoms with van der Waals surface area (Å²) in [5, 5.41) is 54.1. The van der Waals surface area contributed by atoms with Gasteiger partial charge in [0, 0.05) is 61.5 Å². The SMILES string of the molecule is CN(C(=O)CCN1CCC2(CC1)CC(OC(=O)C(O)(c1cccs1)c1cccs1)C2)c1ccc(C(O)Nc2ccc(CNC[C@H](O)c3ccc(O)c4[nH]c(=O)ccc34)cc2)cc1. The minimum absolute atomic E-state index is 0.00630. The maximum absolute atomic E-state index is 13.4. The molecule has 8 rings (SSSR count). The molecule has 0 radical (unpaired) electrons. The molecule has 0 bridgehead atoms. The van der Waals surface area contributed by atoms with E-state index in [0.29, 0.717) is 45.8 Å². The van der Waals surface area contributed by atoms with Gasteiger partial charge in [0.1, 0.15) is 11.9 Å². The number of aromatic hydroxyl groups is 1. The quantitative estimate of drug-likeness (QED) is 0.0424. The molecule has 2 fully saturated rings. The van der Waals surface area contributed by atoms with E-state index in [2.05, 4.69) is 20.5 Å². The van der Waals surface area contributed by atoms with Gasteiger partial charge < -0.3 is 50.6 Å². The number of ether oxygens (including phenoxy) is 1. The third-order valence-electron chi connectivity index (χ3n) is 12.4. The van der Waals surface area contributed by atoms with E-state index in [1.807, 2.05) is 59.3 Å². The first-order valence-corrected chi connectivity index (χ1v) is 22.5. The van der Waals surface area contributed by atoms with Crippen LogP contribution in [0.5, 0.6) is 5.75 Å². The fraction of sp³-hybridized carbons (Fsp3) is 0.340. The average Bonchev–Trinajstić information content (AvgIpc) is 4.03. The Morgan fingerprint density at radius 1 is 0.935 bits per heavy atom. The molecule has 13 nitrogen and oxygen atoms in total. The van der Waals surface area contributed by atoms with Crippen LogP contribution in [0.4, 0.5) is 11.4 Å². The molecule has 2 aliphatic rings. The number of carbonyl (C=O) groups is 2. The molecule has 2 atom stereocenters. The summed E-state index contributed by atoms with van der Waals surface area (Å²) in [4.78, 5) is 46.0. The molecule has 15 heteroatoms. The summed E-state index contributed by atoms with van der Waals surface area (Å²) < 4.78 is 5.92. The van der Waals surface area contributed by atoms with Gasteiger partial charge in [0.15, 0.2) is 6.23 Å². The van der Waals surface area contributed by atoms with Crippen LogP contribution in [0.3, 0.4) is 0 Å². The summed E-state index contributed by atoms with van der Waals surface area (Å²) >= 11 is 2.68. The summed E-state index contributed by atoms with van der Waals surface area (Å²) in [7, 11) is 1.76. The van der Waals surface area contributed by atoms with Gasteiger partial charge >= 0.3 is 5.97 Å². The summed E-state index contributed by atoms with van der Waals surface area (Å²) in [5.41, 5.74) is 1.96. The number of phenolic OH excluding ortho intramolecular Hbond substituents is 1. The van der Waals surface area contributed by atoms with E-state index in [9.17, 15) is 34.8 Å². The number of fused-ring (bicyclic) bond motifs is 1. The van der Waals surface area contributed by atoms with Gasteiger partial charge in [-0.05, 0) is 115 Å². The number of aromatic amines is 1. The highest BCUT2D eigenvalue weighted by molar-refractivity contribution is 7.12. The highest BCUT2D eigenvalue weighted by atomic mass is 32.1. The van der Waals surface area contributed by atoms with Crippen molar-refractivity contribution < 1.29 is 34.8 Å². The van der Waals surface area contributed by atoms with E-state index in [-0.39, 0.29) is 40.8 Å². The van der Waals surface area contributed by atoms with Crippen molar-refractivity contribution >= 4 is 56.8 Å². The molecule has 62 heavy (non-hydrogen) atoms. The van der Waals surface area contributed by atoms with Gasteiger partial charge in [0.25, 0.3) is 0 Å². The van der Waals surface area contributed by atoms with Crippen LogP contribution in [0.25, 0.3) is 10.9 Å². The van der Waals surface area contributed by atoms with Gasteiger partial charge in [-0.25, -0.2) is 4.79 Å². The van der Waals surface area contributed by atoms with Gasteiger partial charge in [-0.3, -0.25) is 9.59 Å². The van der Waals surface area contributed by atoms with Crippen LogP contribution in [0.2, 0.25) is 0 Å². The Bertz CT molecular complexity index is 2480. The highest BCUT2D eigenvalue weighted by Gasteiger charge is 2.51. The number of pyridine rings is 1. The number of likely N-dealkylation sites (tertiary alicyclic amines) is 1. The minimum atomic E-state index is -1.79. The highest BCUT2D eigenvalue weighted by Crippen LogP contribution is 2.51. The Kier molecular flexibility index (Phi) is 12.9. The van der Waals surface area contributed by atoms with Crippen molar-refractivity contribution in [2.24, 2.45) is 5.41 Å². The maximum atomic E-state index is 13.4. The summed E-state index contributed by atoms with van der Waals surface area (Å²) in [6, 6.07) is 28.1. The van der Waals surface area contributed by atoms with Crippen molar-refractivity contribution in [3.8, 4) is 5.75 Å². The molecule has 1 saturated heterocycles. The molecular weight excluding hydrogens is 827 g/mol.